The highest BCUT2D eigenvalue weighted by Crippen LogP contribution is 2.27. The highest BCUT2D eigenvalue weighted by molar-refractivity contribution is 7.08. The third-order valence-corrected chi connectivity index (χ3v) is 4.34. The molecule has 0 saturated carbocycles. The van der Waals surface area contributed by atoms with E-state index in [0.717, 1.165) is 11.5 Å². The number of aliphatic hydroxyl groups is 1. The van der Waals surface area contributed by atoms with Crippen molar-refractivity contribution in [1.82, 2.24) is 14.9 Å². The number of rotatable bonds is 3. The van der Waals surface area contributed by atoms with Gasteiger partial charge in [-0.25, -0.2) is 0 Å². The second kappa shape index (κ2) is 5.38. The minimum absolute atomic E-state index is 0.175. The summed E-state index contributed by atoms with van der Waals surface area (Å²) in [6.07, 6.45) is 0.256. The van der Waals surface area contributed by atoms with Crippen LogP contribution >= 0.6 is 11.5 Å². The molecule has 20 heavy (non-hydrogen) atoms. The van der Waals surface area contributed by atoms with Gasteiger partial charge in [0.05, 0.1) is 11.8 Å². The largest absolute Gasteiger partial charge is 0.385 e. The second-order valence-electron chi connectivity index (χ2n) is 6.25. The van der Waals surface area contributed by atoms with Crippen molar-refractivity contribution in [2.45, 2.75) is 51.2 Å². The van der Waals surface area contributed by atoms with Gasteiger partial charge in [0.2, 0.25) is 0 Å². The van der Waals surface area contributed by atoms with Gasteiger partial charge >= 0.3 is 0 Å². The first-order chi connectivity index (χ1) is 9.24. The van der Waals surface area contributed by atoms with Crippen LogP contribution in [0.2, 0.25) is 0 Å². The Morgan fingerprint density at radius 3 is 2.85 bits per heavy atom. The molecular weight excluding hydrogens is 278 g/mol. The van der Waals surface area contributed by atoms with E-state index < -0.39 is 5.60 Å². The zero-order chi connectivity index (χ0) is 15.0. The van der Waals surface area contributed by atoms with E-state index in [9.17, 15) is 9.90 Å². The first kappa shape index (κ1) is 15.3. The van der Waals surface area contributed by atoms with E-state index in [2.05, 4.69) is 14.9 Å². The van der Waals surface area contributed by atoms with Crippen molar-refractivity contribution in [1.29, 1.82) is 0 Å². The minimum Gasteiger partial charge on any atom is -0.385 e. The molecule has 2 heterocycles. The standard InChI is InChI=1S/C13H21N3O3S/c1-8-13(18,5-6-19-8)7-14-11(17)9-10(12(2,3)4)15-16-20-9/h8,18H,5-7H2,1-4H3,(H,14,17). The number of nitrogens with zero attached hydrogens (tertiary/aromatic N) is 2. The lowest BCUT2D eigenvalue weighted by atomic mass is 9.91. The molecule has 1 fully saturated rings. The van der Waals surface area contributed by atoms with Gasteiger partial charge in [0.25, 0.3) is 5.91 Å². The molecule has 2 unspecified atom stereocenters. The van der Waals surface area contributed by atoms with Crippen LogP contribution in [0.5, 0.6) is 0 Å². The van der Waals surface area contributed by atoms with Crippen molar-refractivity contribution < 1.29 is 14.6 Å². The average Bonchev–Trinajstić information content (AvgIpc) is 2.95. The highest BCUT2D eigenvalue weighted by atomic mass is 32.1. The van der Waals surface area contributed by atoms with Crippen LogP contribution in [0, 0.1) is 0 Å². The Morgan fingerprint density at radius 1 is 1.60 bits per heavy atom. The molecular formula is C13H21N3O3S. The SMILES string of the molecule is CC1OCCC1(O)CNC(=O)c1snnc1C(C)(C)C. The van der Waals surface area contributed by atoms with E-state index in [1.165, 1.54) is 0 Å². The van der Waals surface area contributed by atoms with Crippen molar-refractivity contribution in [2.75, 3.05) is 13.2 Å². The Balaban J connectivity index is 2.05. The monoisotopic (exact) mass is 299 g/mol. The smallest absolute Gasteiger partial charge is 0.265 e. The fraction of sp³-hybridized carbons (Fsp3) is 0.769. The third-order valence-electron chi connectivity index (χ3n) is 3.62. The lowest BCUT2D eigenvalue weighted by Crippen LogP contribution is -2.47. The van der Waals surface area contributed by atoms with Crippen molar-refractivity contribution in [2.24, 2.45) is 0 Å². The molecule has 0 aliphatic carbocycles. The molecule has 1 amide bonds. The van der Waals surface area contributed by atoms with Gasteiger partial charge in [-0.2, -0.15) is 0 Å². The van der Waals surface area contributed by atoms with E-state index in [-0.39, 0.29) is 24.0 Å². The molecule has 6 nitrogen and oxygen atoms in total. The predicted octanol–water partition coefficient (Wildman–Crippen LogP) is 1.11. The fourth-order valence-corrected chi connectivity index (χ4v) is 2.94. The van der Waals surface area contributed by atoms with Gasteiger partial charge in [-0.1, -0.05) is 25.3 Å². The average molecular weight is 299 g/mol. The zero-order valence-corrected chi connectivity index (χ0v) is 13.1. The Labute approximate surface area is 122 Å². The molecule has 0 bridgehead atoms. The summed E-state index contributed by atoms with van der Waals surface area (Å²) in [6, 6.07) is 0. The van der Waals surface area contributed by atoms with Gasteiger partial charge in [-0.05, 0) is 18.5 Å². The lowest BCUT2D eigenvalue weighted by Gasteiger charge is -2.26. The van der Waals surface area contributed by atoms with Crippen molar-refractivity contribution in [3.05, 3.63) is 10.6 Å². The molecule has 1 aromatic heterocycles. The maximum Gasteiger partial charge on any atom is 0.265 e. The van der Waals surface area contributed by atoms with Crippen LogP contribution in [-0.2, 0) is 10.2 Å². The van der Waals surface area contributed by atoms with Crippen molar-refractivity contribution >= 4 is 17.4 Å². The summed E-state index contributed by atoms with van der Waals surface area (Å²) in [7, 11) is 0. The minimum atomic E-state index is -0.990. The summed E-state index contributed by atoms with van der Waals surface area (Å²) in [5.74, 6) is -0.238. The van der Waals surface area contributed by atoms with Crippen LogP contribution in [0.15, 0.2) is 0 Å². The van der Waals surface area contributed by atoms with Crippen LogP contribution in [0.1, 0.15) is 49.5 Å². The molecule has 2 atom stereocenters. The van der Waals surface area contributed by atoms with Gasteiger partial charge in [0.15, 0.2) is 0 Å². The Morgan fingerprint density at radius 2 is 2.30 bits per heavy atom. The van der Waals surface area contributed by atoms with Crippen LogP contribution in [0.3, 0.4) is 0 Å². The quantitative estimate of drug-likeness (QED) is 0.873. The Hall–Kier alpha value is -1.05. The van der Waals surface area contributed by atoms with Gasteiger partial charge in [-0.3, -0.25) is 4.79 Å². The fourth-order valence-electron chi connectivity index (χ4n) is 2.15. The molecule has 7 heteroatoms. The number of carbonyl (C=O) groups is 1. The molecule has 1 saturated heterocycles. The number of aromatic nitrogens is 2. The van der Waals surface area contributed by atoms with Gasteiger partial charge < -0.3 is 15.2 Å². The van der Waals surface area contributed by atoms with E-state index in [1.807, 2.05) is 27.7 Å². The zero-order valence-electron chi connectivity index (χ0n) is 12.3. The number of nitrogens with one attached hydrogen (secondary N) is 1. The summed E-state index contributed by atoms with van der Waals surface area (Å²) < 4.78 is 9.21. The Bertz CT molecular complexity index is 497. The molecule has 0 spiro atoms. The van der Waals surface area contributed by atoms with E-state index in [4.69, 9.17) is 4.74 Å². The van der Waals surface area contributed by atoms with Gasteiger partial charge in [0.1, 0.15) is 10.5 Å². The summed E-state index contributed by atoms with van der Waals surface area (Å²) in [5.41, 5.74) is -0.543. The molecule has 2 N–H and O–H groups in total. The number of amides is 1. The van der Waals surface area contributed by atoms with E-state index in [0.29, 0.717) is 23.6 Å². The molecule has 1 aliphatic heterocycles. The third kappa shape index (κ3) is 2.99. The lowest BCUT2D eigenvalue weighted by molar-refractivity contribution is -0.0251. The molecule has 2 rings (SSSR count). The number of hydrogen-bond acceptors (Lipinski definition) is 6. The van der Waals surface area contributed by atoms with Crippen LogP contribution < -0.4 is 5.32 Å². The van der Waals surface area contributed by atoms with Gasteiger partial charge in [0, 0.05) is 25.0 Å². The number of carbonyl (C=O) groups excluding carboxylic acids is 1. The number of hydrogen-bond donors (Lipinski definition) is 2. The maximum atomic E-state index is 12.2. The Kier molecular flexibility index (Phi) is 4.13. The summed E-state index contributed by atoms with van der Waals surface area (Å²) in [6.45, 7) is 8.47. The van der Waals surface area contributed by atoms with Gasteiger partial charge in [-0.15, -0.1) is 5.10 Å². The predicted molar refractivity (Wildman–Crippen MR) is 75.9 cm³/mol. The molecule has 0 aromatic carbocycles. The first-order valence-corrected chi connectivity index (χ1v) is 7.46. The van der Waals surface area contributed by atoms with E-state index in [1.54, 1.807) is 0 Å². The summed E-state index contributed by atoms with van der Waals surface area (Å²) in [4.78, 5) is 12.8. The molecule has 0 radical (unpaired) electrons. The van der Waals surface area contributed by atoms with Crippen molar-refractivity contribution in [3.8, 4) is 0 Å². The maximum absolute atomic E-state index is 12.2. The summed E-state index contributed by atoms with van der Waals surface area (Å²) in [5, 5.41) is 17.2. The van der Waals surface area contributed by atoms with E-state index >= 15 is 0 Å². The summed E-state index contributed by atoms with van der Waals surface area (Å²) >= 11 is 1.08. The topological polar surface area (TPSA) is 84.3 Å². The second-order valence-corrected chi connectivity index (χ2v) is 7.00. The number of ether oxygens (including phenoxy) is 1. The van der Waals surface area contributed by atoms with Crippen LogP contribution in [0.25, 0.3) is 0 Å². The molecule has 1 aromatic rings. The van der Waals surface area contributed by atoms with Crippen LogP contribution in [-0.4, -0.2) is 45.5 Å². The van der Waals surface area contributed by atoms with Crippen LogP contribution in [0.4, 0.5) is 0 Å². The highest BCUT2D eigenvalue weighted by Gasteiger charge is 2.40. The van der Waals surface area contributed by atoms with Crippen molar-refractivity contribution in [3.63, 3.8) is 0 Å². The normalized spacial score (nSPS) is 26.8. The molecule has 112 valence electrons. The molecule has 1 aliphatic rings. The first-order valence-electron chi connectivity index (χ1n) is 6.69.